The van der Waals surface area contributed by atoms with Crippen LogP contribution in [0.2, 0.25) is 0 Å². The minimum atomic E-state index is 0. The zero-order valence-corrected chi connectivity index (χ0v) is 17.9. The first kappa shape index (κ1) is 21.6. The summed E-state index contributed by atoms with van der Waals surface area (Å²) in [6, 6.07) is 10.0. The SMILES string of the molecule is CCN(CC)CCCNc1cccc2ccc(N)nc12.I.I. The molecular formula is C16H26I2N4. The lowest BCUT2D eigenvalue weighted by Gasteiger charge is -2.18. The van der Waals surface area contributed by atoms with Crippen molar-refractivity contribution >= 4 is 70.4 Å². The van der Waals surface area contributed by atoms with Gasteiger partial charge in [0.25, 0.3) is 0 Å². The molecule has 0 bridgehead atoms. The molecular weight excluding hydrogens is 502 g/mol. The predicted molar refractivity (Wildman–Crippen MR) is 118 cm³/mol. The van der Waals surface area contributed by atoms with E-state index in [-0.39, 0.29) is 48.0 Å². The second kappa shape index (κ2) is 11.2. The summed E-state index contributed by atoms with van der Waals surface area (Å²) in [5, 5.41) is 4.59. The smallest absolute Gasteiger partial charge is 0.124 e. The highest BCUT2D eigenvalue weighted by Crippen LogP contribution is 2.22. The molecule has 0 saturated carbocycles. The van der Waals surface area contributed by atoms with Crippen molar-refractivity contribution in [3.05, 3.63) is 30.3 Å². The van der Waals surface area contributed by atoms with Crippen LogP contribution in [0.15, 0.2) is 30.3 Å². The largest absolute Gasteiger partial charge is 0.384 e. The van der Waals surface area contributed by atoms with Crippen molar-refractivity contribution in [2.45, 2.75) is 20.3 Å². The Labute approximate surface area is 167 Å². The Hall–Kier alpha value is -0.350. The number of benzene rings is 1. The summed E-state index contributed by atoms with van der Waals surface area (Å²) in [6.07, 6.45) is 1.13. The van der Waals surface area contributed by atoms with Gasteiger partial charge in [0.1, 0.15) is 5.82 Å². The summed E-state index contributed by atoms with van der Waals surface area (Å²) in [6.45, 7) is 8.71. The number of nitrogens with zero attached hydrogens (tertiary/aromatic N) is 2. The minimum Gasteiger partial charge on any atom is -0.384 e. The number of para-hydroxylation sites is 1. The molecule has 4 nitrogen and oxygen atoms in total. The molecule has 3 N–H and O–H groups in total. The third kappa shape index (κ3) is 6.04. The summed E-state index contributed by atoms with van der Waals surface area (Å²) in [4.78, 5) is 6.86. The van der Waals surface area contributed by atoms with Gasteiger partial charge in [0, 0.05) is 11.9 Å². The first-order chi connectivity index (χ1) is 9.74. The Balaban J connectivity index is 0.00000220. The number of nitrogens with two attached hydrogens (primary N) is 1. The van der Waals surface area contributed by atoms with Crippen LogP contribution in [0, 0.1) is 0 Å². The highest BCUT2D eigenvalue weighted by atomic mass is 127. The number of rotatable bonds is 7. The van der Waals surface area contributed by atoms with Crippen LogP contribution in [-0.4, -0.2) is 36.1 Å². The second-order valence-corrected chi connectivity index (χ2v) is 4.92. The number of halogens is 2. The molecule has 0 spiro atoms. The predicted octanol–water partition coefficient (Wildman–Crippen LogP) is 4.20. The van der Waals surface area contributed by atoms with E-state index < -0.39 is 0 Å². The maximum Gasteiger partial charge on any atom is 0.124 e. The summed E-state index contributed by atoms with van der Waals surface area (Å²) < 4.78 is 0. The standard InChI is InChI=1S/C16H24N4.2HI/c1-3-20(4-2)12-6-11-18-14-8-5-7-13-9-10-15(17)19-16(13)14;;/h5,7-10,18H,3-4,6,11-12H2,1-2H3,(H2,17,19);2*1H. The van der Waals surface area contributed by atoms with Gasteiger partial charge in [-0.3, -0.25) is 0 Å². The molecule has 1 aromatic heterocycles. The van der Waals surface area contributed by atoms with Crippen molar-refractivity contribution in [2.75, 3.05) is 37.2 Å². The lowest BCUT2D eigenvalue weighted by molar-refractivity contribution is 0.303. The number of hydrogen-bond donors (Lipinski definition) is 2. The topological polar surface area (TPSA) is 54.2 Å². The summed E-state index contributed by atoms with van der Waals surface area (Å²) >= 11 is 0. The number of anilines is 2. The maximum atomic E-state index is 5.78. The van der Waals surface area contributed by atoms with Crippen LogP contribution in [0.25, 0.3) is 10.9 Å². The number of aromatic nitrogens is 1. The molecule has 0 aliphatic carbocycles. The molecule has 0 saturated heterocycles. The fourth-order valence-corrected chi connectivity index (χ4v) is 2.37. The Morgan fingerprint density at radius 1 is 1.09 bits per heavy atom. The van der Waals surface area contributed by atoms with Crippen molar-refractivity contribution in [3.63, 3.8) is 0 Å². The molecule has 0 radical (unpaired) electrons. The van der Waals surface area contributed by atoms with Crippen LogP contribution < -0.4 is 11.1 Å². The van der Waals surface area contributed by atoms with E-state index in [1.54, 1.807) is 0 Å². The van der Waals surface area contributed by atoms with Crippen molar-refractivity contribution in [1.82, 2.24) is 9.88 Å². The van der Waals surface area contributed by atoms with Crippen LogP contribution >= 0.6 is 48.0 Å². The van der Waals surface area contributed by atoms with E-state index in [9.17, 15) is 0 Å². The molecule has 0 aliphatic rings. The highest BCUT2D eigenvalue weighted by molar-refractivity contribution is 14.0. The summed E-state index contributed by atoms with van der Waals surface area (Å²) in [7, 11) is 0. The molecule has 0 amide bonds. The lowest BCUT2D eigenvalue weighted by Crippen LogP contribution is -2.25. The van der Waals surface area contributed by atoms with Gasteiger partial charge in [0.05, 0.1) is 11.2 Å². The lowest BCUT2D eigenvalue weighted by atomic mass is 10.2. The van der Waals surface area contributed by atoms with Crippen LogP contribution in [0.3, 0.4) is 0 Å². The first-order valence-corrected chi connectivity index (χ1v) is 7.36. The van der Waals surface area contributed by atoms with Gasteiger partial charge in [-0.1, -0.05) is 26.0 Å². The zero-order valence-electron chi connectivity index (χ0n) is 13.2. The zero-order chi connectivity index (χ0) is 14.4. The molecule has 1 aromatic carbocycles. The number of nitrogens with one attached hydrogen (secondary N) is 1. The quantitative estimate of drug-likeness (QED) is 0.418. The van der Waals surface area contributed by atoms with Gasteiger partial charge in [-0.2, -0.15) is 0 Å². The van der Waals surface area contributed by atoms with Crippen molar-refractivity contribution < 1.29 is 0 Å². The van der Waals surface area contributed by atoms with E-state index in [4.69, 9.17) is 5.73 Å². The Morgan fingerprint density at radius 3 is 2.50 bits per heavy atom. The number of pyridine rings is 1. The molecule has 124 valence electrons. The highest BCUT2D eigenvalue weighted by Gasteiger charge is 2.03. The van der Waals surface area contributed by atoms with Crippen molar-refractivity contribution in [2.24, 2.45) is 0 Å². The normalized spacial score (nSPS) is 10.1. The Bertz CT molecular complexity index is 559. The Kier molecular flexibility index (Phi) is 11.0. The molecule has 22 heavy (non-hydrogen) atoms. The van der Waals surface area contributed by atoms with Crippen LogP contribution in [0.5, 0.6) is 0 Å². The average molecular weight is 528 g/mol. The number of hydrogen-bond acceptors (Lipinski definition) is 4. The van der Waals surface area contributed by atoms with Crippen molar-refractivity contribution in [1.29, 1.82) is 0 Å². The third-order valence-corrected chi connectivity index (χ3v) is 3.60. The van der Waals surface area contributed by atoms with Gasteiger partial charge in [0.2, 0.25) is 0 Å². The third-order valence-electron chi connectivity index (χ3n) is 3.60. The van der Waals surface area contributed by atoms with E-state index >= 15 is 0 Å². The summed E-state index contributed by atoms with van der Waals surface area (Å²) in [5.74, 6) is 0.565. The molecule has 2 rings (SSSR count). The minimum absolute atomic E-state index is 0. The van der Waals surface area contributed by atoms with Gasteiger partial charge >= 0.3 is 0 Å². The fourth-order valence-electron chi connectivity index (χ4n) is 2.37. The maximum absolute atomic E-state index is 5.78. The van der Waals surface area contributed by atoms with Crippen molar-refractivity contribution in [3.8, 4) is 0 Å². The van der Waals surface area contributed by atoms with Gasteiger partial charge < -0.3 is 16.0 Å². The Morgan fingerprint density at radius 2 is 1.82 bits per heavy atom. The monoisotopic (exact) mass is 528 g/mol. The van der Waals surface area contributed by atoms with E-state index in [1.165, 1.54) is 0 Å². The fraction of sp³-hybridized carbons (Fsp3) is 0.438. The first-order valence-electron chi connectivity index (χ1n) is 7.36. The van der Waals surface area contributed by atoms with E-state index in [1.807, 2.05) is 18.2 Å². The van der Waals surface area contributed by atoms with Crippen LogP contribution in [0.4, 0.5) is 11.5 Å². The molecule has 6 heteroatoms. The molecule has 0 aliphatic heterocycles. The second-order valence-electron chi connectivity index (χ2n) is 4.92. The molecule has 1 heterocycles. The van der Waals surface area contributed by atoms with E-state index in [2.05, 4.69) is 41.2 Å². The number of nitrogen functional groups attached to an aromatic ring is 1. The van der Waals surface area contributed by atoms with Crippen LogP contribution in [-0.2, 0) is 0 Å². The van der Waals surface area contributed by atoms with Crippen LogP contribution in [0.1, 0.15) is 20.3 Å². The molecule has 0 fully saturated rings. The molecule has 2 aromatic rings. The molecule has 0 unspecified atom stereocenters. The molecule has 0 atom stereocenters. The van der Waals surface area contributed by atoms with E-state index in [0.717, 1.165) is 49.2 Å². The van der Waals surface area contributed by atoms with Gasteiger partial charge in [-0.25, -0.2) is 4.98 Å². The van der Waals surface area contributed by atoms with Gasteiger partial charge in [-0.05, 0) is 44.3 Å². The van der Waals surface area contributed by atoms with Gasteiger partial charge in [0.15, 0.2) is 0 Å². The average Bonchev–Trinajstić information content (AvgIpc) is 2.47. The van der Waals surface area contributed by atoms with Gasteiger partial charge in [-0.15, -0.1) is 48.0 Å². The number of fused-ring (bicyclic) bond motifs is 1. The van der Waals surface area contributed by atoms with E-state index in [0.29, 0.717) is 5.82 Å². The summed E-state index contributed by atoms with van der Waals surface area (Å²) in [5.41, 5.74) is 7.80.